The summed E-state index contributed by atoms with van der Waals surface area (Å²) >= 11 is 1.03. The van der Waals surface area contributed by atoms with E-state index >= 15 is 0 Å². The summed E-state index contributed by atoms with van der Waals surface area (Å²) in [6, 6.07) is 10.5. The van der Waals surface area contributed by atoms with Crippen molar-refractivity contribution in [2.75, 3.05) is 4.90 Å². The number of nitrogens with one attached hydrogen (secondary N) is 1. The van der Waals surface area contributed by atoms with Gasteiger partial charge in [-0.1, -0.05) is 35.1 Å². The van der Waals surface area contributed by atoms with Crippen molar-refractivity contribution < 1.29 is 14.1 Å². The average Bonchev–Trinajstić information content (AvgIpc) is 3.12. The lowest BCUT2D eigenvalue weighted by atomic mass is 10.3. The quantitative estimate of drug-likeness (QED) is 0.295. The molecule has 0 bridgehead atoms. The van der Waals surface area contributed by atoms with Gasteiger partial charge < -0.3 is 4.52 Å². The summed E-state index contributed by atoms with van der Waals surface area (Å²) in [5.41, 5.74) is 0.633. The molecule has 1 aromatic heterocycles. The van der Waals surface area contributed by atoms with E-state index in [4.69, 9.17) is 9.78 Å². The average molecular weight is 355 g/mol. The minimum Gasteiger partial charge on any atom is -0.360 e. The first-order valence-electron chi connectivity index (χ1n) is 7.34. The minimum absolute atomic E-state index is 0.00364. The molecule has 3 rings (SSSR count). The molecule has 9 heteroatoms. The van der Waals surface area contributed by atoms with Crippen LogP contribution in [0.15, 0.2) is 45.9 Å². The smallest absolute Gasteiger partial charge is 0.249 e. The van der Waals surface area contributed by atoms with Gasteiger partial charge in [0.05, 0.1) is 5.69 Å². The van der Waals surface area contributed by atoms with E-state index in [0.717, 1.165) is 16.7 Å². The number of anilines is 1. The zero-order chi connectivity index (χ0) is 17.8. The Morgan fingerprint density at radius 3 is 2.84 bits per heavy atom. The number of aromatic nitrogens is 1. The highest BCUT2D eigenvalue weighted by atomic mass is 32.2. The van der Waals surface area contributed by atoms with Crippen LogP contribution in [0.2, 0.25) is 0 Å². The Bertz CT molecular complexity index is 871. The van der Waals surface area contributed by atoms with Gasteiger partial charge in [0, 0.05) is 12.5 Å². The van der Waals surface area contributed by atoms with E-state index < -0.39 is 11.2 Å². The number of hydrogen-bond donors (Lipinski definition) is 1. The van der Waals surface area contributed by atoms with Crippen molar-refractivity contribution >= 4 is 40.2 Å². The van der Waals surface area contributed by atoms with Gasteiger partial charge in [-0.3, -0.25) is 14.9 Å². The summed E-state index contributed by atoms with van der Waals surface area (Å²) in [7, 11) is 0. The predicted molar refractivity (Wildman–Crippen MR) is 92.0 cm³/mol. The molecule has 1 aliphatic heterocycles. The number of amides is 2. The van der Waals surface area contributed by atoms with E-state index in [1.54, 1.807) is 25.2 Å². The molecule has 25 heavy (non-hydrogen) atoms. The van der Waals surface area contributed by atoms with E-state index in [-0.39, 0.29) is 23.3 Å². The SMILES string of the molecule is Cc1cc(N2C(=O)CC(SC(=Nc3ccccc3)NC#N)C2=O)no1. The van der Waals surface area contributed by atoms with Crippen LogP contribution < -0.4 is 10.2 Å². The molecule has 1 unspecified atom stereocenters. The second-order valence-electron chi connectivity index (χ2n) is 5.16. The van der Waals surface area contributed by atoms with E-state index in [1.807, 2.05) is 18.2 Å². The maximum atomic E-state index is 12.6. The van der Waals surface area contributed by atoms with Crippen molar-refractivity contribution in [1.82, 2.24) is 10.5 Å². The van der Waals surface area contributed by atoms with Crippen LogP contribution in [-0.2, 0) is 9.59 Å². The summed E-state index contributed by atoms with van der Waals surface area (Å²) < 4.78 is 4.93. The van der Waals surface area contributed by atoms with Gasteiger partial charge in [-0.15, -0.1) is 0 Å². The summed E-state index contributed by atoms with van der Waals surface area (Å²) in [5, 5.41) is 14.6. The number of para-hydroxylation sites is 1. The number of amidine groups is 1. The van der Waals surface area contributed by atoms with Crippen LogP contribution in [0.1, 0.15) is 12.2 Å². The third kappa shape index (κ3) is 3.70. The molecule has 1 saturated heterocycles. The number of hydrogen-bond acceptors (Lipinski definition) is 7. The van der Waals surface area contributed by atoms with Gasteiger partial charge in [-0.25, -0.2) is 9.89 Å². The second-order valence-corrected chi connectivity index (χ2v) is 6.35. The zero-order valence-corrected chi connectivity index (χ0v) is 14.0. The lowest BCUT2D eigenvalue weighted by Crippen LogP contribution is -2.32. The molecular weight excluding hydrogens is 342 g/mol. The zero-order valence-electron chi connectivity index (χ0n) is 13.2. The number of aryl methyl sites for hydroxylation is 1. The fraction of sp³-hybridized carbons (Fsp3) is 0.188. The number of rotatable bonds is 3. The third-order valence-electron chi connectivity index (χ3n) is 3.35. The molecule has 1 fully saturated rings. The standard InChI is InChI=1S/C16H13N5O3S/c1-10-7-13(20-24-10)21-14(22)8-12(15(21)23)25-16(18-9-17)19-11-5-3-2-4-6-11/h2-7,12H,8H2,1H3,(H,18,19). The minimum atomic E-state index is -0.687. The highest BCUT2D eigenvalue weighted by Gasteiger charge is 2.42. The Kier molecular flexibility index (Phi) is 4.81. The van der Waals surface area contributed by atoms with Gasteiger partial charge in [0.1, 0.15) is 11.0 Å². The summed E-state index contributed by atoms with van der Waals surface area (Å²) in [5.74, 6) is -0.106. The maximum Gasteiger partial charge on any atom is 0.249 e. The number of aliphatic imine (C=N–C) groups is 1. The van der Waals surface area contributed by atoms with Gasteiger partial charge in [0.15, 0.2) is 17.2 Å². The van der Waals surface area contributed by atoms with E-state index in [0.29, 0.717) is 11.4 Å². The van der Waals surface area contributed by atoms with Crippen LogP contribution in [0.5, 0.6) is 0 Å². The molecule has 8 nitrogen and oxygen atoms in total. The molecule has 1 aliphatic rings. The van der Waals surface area contributed by atoms with Gasteiger partial charge in [-0.2, -0.15) is 5.26 Å². The Labute approximate surface area is 147 Å². The van der Waals surface area contributed by atoms with Crippen LogP contribution in [0.3, 0.4) is 0 Å². The monoisotopic (exact) mass is 355 g/mol. The number of carbonyl (C=O) groups is 2. The van der Waals surface area contributed by atoms with Crippen LogP contribution >= 0.6 is 11.8 Å². The number of nitrogens with zero attached hydrogens (tertiary/aromatic N) is 4. The van der Waals surface area contributed by atoms with Gasteiger partial charge in [0.25, 0.3) is 0 Å². The Morgan fingerprint density at radius 1 is 1.44 bits per heavy atom. The summed E-state index contributed by atoms with van der Waals surface area (Å²) in [6.45, 7) is 1.68. The van der Waals surface area contributed by atoms with E-state index in [9.17, 15) is 9.59 Å². The first-order valence-corrected chi connectivity index (χ1v) is 8.22. The van der Waals surface area contributed by atoms with Crippen molar-refractivity contribution in [2.24, 2.45) is 4.99 Å². The van der Waals surface area contributed by atoms with Gasteiger partial charge >= 0.3 is 0 Å². The molecule has 0 radical (unpaired) electrons. The predicted octanol–water partition coefficient (Wildman–Crippen LogP) is 2.11. The first kappa shape index (κ1) is 16.7. The highest BCUT2D eigenvalue weighted by molar-refractivity contribution is 8.15. The van der Waals surface area contributed by atoms with Gasteiger partial charge in [0.2, 0.25) is 11.8 Å². The number of nitriles is 1. The fourth-order valence-corrected chi connectivity index (χ4v) is 3.25. The molecule has 2 amide bonds. The molecule has 1 atom stereocenters. The highest BCUT2D eigenvalue weighted by Crippen LogP contribution is 2.30. The second kappa shape index (κ2) is 7.19. The molecule has 0 spiro atoms. The lowest BCUT2D eigenvalue weighted by Gasteiger charge is -2.11. The van der Waals surface area contributed by atoms with Crippen molar-refractivity contribution in [1.29, 1.82) is 5.26 Å². The van der Waals surface area contributed by atoms with Gasteiger partial charge in [-0.05, 0) is 19.1 Å². The van der Waals surface area contributed by atoms with Crippen molar-refractivity contribution in [3.63, 3.8) is 0 Å². The maximum absolute atomic E-state index is 12.6. The normalized spacial score (nSPS) is 17.7. The summed E-state index contributed by atoms with van der Waals surface area (Å²) in [6.07, 6.45) is 1.79. The molecule has 0 saturated carbocycles. The van der Waals surface area contributed by atoms with Crippen LogP contribution in [0.4, 0.5) is 11.5 Å². The number of benzene rings is 1. The van der Waals surface area contributed by atoms with Crippen molar-refractivity contribution in [2.45, 2.75) is 18.6 Å². The van der Waals surface area contributed by atoms with Crippen LogP contribution in [-0.4, -0.2) is 27.4 Å². The van der Waals surface area contributed by atoms with Crippen LogP contribution in [0, 0.1) is 18.4 Å². The number of thioether (sulfide) groups is 1. The third-order valence-corrected chi connectivity index (χ3v) is 4.42. The molecule has 2 heterocycles. The van der Waals surface area contributed by atoms with E-state index in [2.05, 4.69) is 15.5 Å². The van der Waals surface area contributed by atoms with Crippen LogP contribution in [0.25, 0.3) is 0 Å². The Hall–Kier alpha value is -3.12. The van der Waals surface area contributed by atoms with E-state index in [1.165, 1.54) is 6.07 Å². The first-order chi connectivity index (χ1) is 12.1. The molecule has 2 aromatic rings. The summed E-state index contributed by atoms with van der Waals surface area (Å²) in [4.78, 5) is 30.0. The topological polar surface area (TPSA) is 112 Å². The largest absolute Gasteiger partial charge is 0.360 e. The Morgan fingerprint density at radius 2 is 2.20 bits per heavy atom. The molecular formula is C16H13N5O3S. The van der Waals surface area contributed by atoms with Crippen molar-refractivity contribution in [3.05, 3.63) is 42.2 Å². The van der Waals surface area contributed by atoms with Crippen molar-refractivity contribution in [3.8, 4) is 6.19 Å². The lowest BCUT2D eigenvalue weighted by molar-refractivity contribution is -0.121. The molecule has 1 N–H and O–H groups in total. The molecule has 0 aliphatic carbocycles. The molecule has 126 valence electrons. The number of carbonyl (C=O) groups excluding carboxylic acids is 2. The molecule has 1 aromatic carbocycles. The fourth-order valence-electron chi connectivity index (χ4n) is 2.28. The Balaban J connectivity index is 1.79. The number of imide groups is 1.